The van der Waals surface area contributed by atoms with Crippen LogP contribution in [0.5, 0.6) is 0 Å². The molecule has 2 fully saturated rings. The van der Waals surface area contributed by atoms with Gasteiger partial charge in [-0.25, -0.2) is 0 Å². The number of H-pyrrole nitrogens is 1. The number of aromatic nitrogens is 1. The van der Waals surface area contributed by atoms with Crippen molar-refractivity contribution < 1.29 is 9.59 Å². The van der Waals surface area contributed by atoms with Crippen molar-refractivity contribution in [2.45, 2.75) is 33.1 Å². The summed E-state index contributed by atoms with van der Waals surface area (Å²) in [6.07, 6.45) is 4.25. The molecule has 2 saturated heterocycles. The van der Waals surface area contributed by atoms with E-state index >= 15 is 0 Å². The molecule has 3 heterocycles. The highest BCUT2D eigenvalue weighted by molar-refractivity contribution is 5.79. The molecular formula is C17H25N3O2. The molecule has 1 aromatic heterocycles. The van der Waals surface area contributed by atoms with Gasteiger partial charge in [-0.05, 0) is 25.0 Å². The predicted molar refractivity (Wildman–Crippen MR) is 84.2 cm³/mol. The molecule has 1 N–H and O–H groups in total. The molecule has 2 aliphatic rings. The molecule has 2 amide bonds. The first-order chi connectivity index (χ1) is 10.5. The average Bonchev–Trinajstić information content (AvgIpc) is 3.11. The van der Waals surface area contributed by atoms with Crippen LogP contribution in [0.25, 0.3) is 0 Å². The number of aryl methyl sites for hydroxylation is 1. The van der Waals surface area contributed by atoms with Gasteiger partial charge in [-0.2, -0.15) is 0 Å². The second kappa shape index (κ2) is 5.78. The van der Waals surface area contributed by atoms with Crippen LogP contribution in [0, 0.1) is 11.3 Å². The molecule has 3 rings (SSSR count). The van der Waals surface area contributed by atoms with Crippen LogP contribution >= 0.6 is 0 Å². The number of amides is 2. The fourth-order valence-corrected chi connectivity index (χ4v) is 3.61. The van der Waals surface area contributed by atoms with E-state index in [2.05, 4.69) is 4.98 Å². The van der Waals surface area contributed by atoms with Crippen molar-refractivity contribution in [1.82, 2.24) is 14.8 Å². The largest absolute Gasteiger partial charge is 0.365 e. The van der Waals surface area contributed by atoms with E-state index in [1.54, 1.807) is 0 Å². The van der Waals surface area contributed by atoms with Gasteiger partial charge >= 0.3 is 0 Å². The number of carbonyl (C=O) groups excluding carboxylic acids is 2. The van der Waals surface area contributed by atoms with E-state index in [-0.39, 0.29) is 23.1 Å². The van der Waals surface area contributed by atoms with E-state index in [1.165, 1.54) is 0 Å². The van der Waals surface area contributed by atoms with Gasteiger partial charge in [-0.1, -0.05) is 13.8 Å². The summed E-state index contributed by atoms with van der Waals surface area (Å²) in [4.78, 5) is 31.3. The predicted octanol–water partition coefficient (Wildman–Crippen LogP) is 1.66. The van der Waals surface area contributed by atoms with Crippen LogP contribution in [0.15, 0.2) is 18.3 Å². The smallest absolute Gasteiger partial charge is 0.225 e. The maximum absolute atomic E-state index is 12.2. The zero-order chi connectivity index (χ0) is 15.7. The van der Waals surface area contributed by atoms with Gasteiger partial charge in [0.05, 0.1) is 0 Å². The van der Waals surface area contributed by atoms with E-state index in [0.717, 1.165) is 44.7 Å². The van der Waals surface area contributed by atoms with Gasteiger partial charge in [0, 0.05) is 55.8 Å². The topological polar surface area (TPSA) is 56.4 Å². The number of carbonyl (C=O) groups is 2. The Labute approximate surface area is 131 Å². The molecule has 0 saturated carbocycles. The maximum Gasteiger partial charge on any atom is 0.225 e. The van der Waals surface area contributed by atoms with Gasteiger partial charge in [0.1, 0.15) is 0 Å². The standard InChI is InChI=1S/C17H25N3O2/c1-13(2)16(22)19-9-7-17(10-19)11-20(12-17)15(21)6-5-14-4-3-8-18-14/h3-4,8,13,18H,5-7,9-12H2,1-2H3. The van der Waals surface area contributed by atoms with Crippen molar-refractivity contribution in [3.8, 4) is 0 Å². The number of rotatable bonds is 4. The number of likely N-dealkylation sites (tertiary alicyclic amines) is 2. The Morgan fingerprint density at radius 3 is 2.64 bits per heavy atom. The van der Waals surface area contributed by atoms with Crippen molar-refractivity contribution >= 4 is 11.8 Å². The minimum atomic E-state index is 0.0637. The minimum absolute atomic E-state index is 0.0637. The molecule has 0 aromatic carbocycles. The maximum atomic E-state index is 12.2. The molecule has 2 aliphatic heterocycles. The van der Waals surface area contributed by atoms with Crippen LogP contribution in [0.4, 0.5) is 0 Å². The Kier molecular flexibility index (Phi) is 3.98. The third kappa shape index (κ3) is 2.89. The van der Waals surface area contributed by atoms with Crippen LogP contribution in [0.2, 0.25) is 0 Å². The van der Waals surface area contributed by atoms with Crippen molar-refractivity contribution in [3.05, 3.63) is 24.0 Å². The third-order valence-corrected chi connectivity index (χ3v) is 4.92. The van der Waals surface area contributed by atoms with Crippen molar-refractivity contribution in [1.29, 1.82) is 0 Å². The Bertz CT molecular complexity index is 544. The molecule has 5 nitrogen and oxygen atoms in total. The zero-order valence-corrected chi connectivity index (χ0v) is 13.5. The molecule has 0 aliphatic carbocycles. The second-order valence-corrected chi connectivity index (χ2v) is 7.11. The van der Waals surface area contributed by atoms with E-state index in [0.29, 0.717) is 6.42 Å². The summed E-state index contributed by atoms with van der Waals surface area (Å²) in [6, 6.07) is 3.97. The summed E-state index contributed by atoms with van der Waals surface area (Å²) in [5.41, 5.74) is 1.28. The first kappa shape index (κ1) is 15.1. The molecule has 1 aromatic rings. The Morgan fingerprint density at radius 1 is 1.27 bits per heavy atom. The Morgan fingerprint density at radius 2 is 2.00 bits per heavy atom. The molecule has 0 atom stereocenters. The fraction of sp³-hybridized carbons (Fsp3) is 0.647. The van der Waals surface area contributed by atoms with Crippen molar-refractivity contribution in [2.24, 2.45) is 11.3 Å². The molecular weight excluding hydrogens is 278 g/mol. The molecule has 0 radical (unpaired) electrons. The minimum Gasteiger partial charge on any atom is -0.365 e. The first-order valence-corrected chi connectivity index (χ1v) is 8.18. The zero-order valence-electron chi connectivity index (χ0n) is 13.5. The summed E-state index contributed by atoms with van der Waals surface area (Å²) in [5.74, 6) is 0.538. The van der Waals surface area contributed by atoms with E-state index in [4.69, 9.17) is 0 Å². The molecule has 0 bridgehead atoms. The van der Waals surface area contributed by atoms with Crippen molar-refractivity contribution in [2.75, 3.05) is 26.2 Å². The lowest BCUT2D eigenvalue weighted by molar-refractivity contribution is -0.143. The fourth-order valence-electron chi connectivity index (χ4n) is 3.61. The lowest BCUT2D eigenvalue weighted by Crippen LogP contribution is -2.59. The van der Waals surface area contributed by atoms with Gasteiger partial charge in [-0.3, -0.25) is 9.59 Å². The monoisotopic (exact) mass is 303 g/mol. The summed E-state index contributed by atoms with van der Waals surface area (Å²) in [6.45, 7) is 7.21. The van der Waals surface area contributed by atoms with E-state index in [9.17, 15) is 9.59 Å². The first-order valence-electron chi connectivity index (χ1n) is 8.18. The number of nitrogens with one attached hydrogen (secondary N) is 1. The van der Waals surface area contributed by atoms with E-state index < -0.39 is 0 Å². The number of hydrogen-bond acceptors (Lipinski definition) is 2. The lowest BCUT2D eigenvalue weighted by atomic mass is 9.79. The number of aromatic amines is 1. The van der Waals surface area contributed by atoms with Crippen molar-refractivity contribution in [3.63, 3.8) is 0 Å². The lowest BCUT2D eigenvalue weighted by Gasteiger charge is -2.48. The molecule has 5 heteroatoms. The summed E-state index contributed by atoms with van der Waals surface area (Å²) in [5, 5.41) is 0. The number of hydrogen-bond donors (Lipinski definition) is 1. The Hall–Kier alpha value is -1.78. The summed E-state index contributed by atoms with van der Waals surface area (Å²) in [7, 11) is 0. The normalized spacial score (nSPS) is 19.8. The summed E-state index contributed by atoms with van der Waals surface area (Å²) < 4.78 is 0. The molecule has 0 unspecified atom stereocenters. The van der Waals surface area contributed by atoms with Gasteiger partial charge in [0.15, 0.2) is 0 Å². The van der Waals surface area contributed by atoms with Gasteiger partial charge in [0.25, 0.3) is 0 Å². The highest BCUT2D eigenvalue weighted by Crippen LogP contribution is 2.40. The van der Waals surface area contributed by atoms with Crippen LogP contribution in [0.3, 0.4) is 0 Å². The Balaban J connectivity index is 1.45. The third-order valence-electron chi connectivity index (χ3n) is 4.92. The summed E-state index contributed by atoms with van der Waals surface area (Å²) >= 11 is 0. The SMILES string of the molecule is CC(C)C(=O)N1CCC2(CN(C(=O)CCc3ccc[nH]3)C2)C1. The van der Waals surface area contributed by atoms with E-state index in [1.807, 2.05) is 42.0 Å². The van der Waals surface area contributed by atoms with Crippen LogP contribution in [-0.4, -0.2) is 52.8 Å². The highest BCUT2D eigenvalue weighted by Gasteiger charge is 2.50. The molecule has 22 heavy (non-hydrogen) atoms. The molecule has 1 spiro atoms. The van der Waals surface area contributed by atoms with Gasteiger partial charge in [0.2, 0.25) is 11.8 Å². The quantitative estimate of drug-likeness (QED) is 0.920. The highest BCUT2D eigenvalue weighted by atomic mass is 16.2. The second-order valence-electron chi connectivity index (χ2n) is 7.11. The molecule has 120 valence electrons. The van der Waals surface area contributed by atoms with Crippen LogP contribution in [-0.2, 0) is 16.0 Å². The van der Waals surface area contributed by atoms with Crippen LogP contribution in [0.1, 0.15) is 32.4 Å². The number of nitrogens with zero attached hydrogens (tertiary/aromatic N) is 2. The van der Waals surface area contributed by atoms with Crippen LogP contribution < -0.4 is 0 Å². The van der Waals surface area contributed by atoms with Gasteiger partial charge in [-0.15, -0.1) is 0 Å². The average molecular weight is 303 g/mol. The van der Waals surface area contributed by atoms with Gasteiger partial charge < -0.3 is 14.8 Å².